The van der Waals surface area contributed by atoms with Gasteiger partial charge in [0.05, 0.1) is 0 Å². The average molecular weight is 290 g/mol. The van der Waals surface area contributed by atoms with E-state index in [1.807, 2.05) is 12.3 Å². The molecule has 4 nitrogen and oxygen atoms in total. The van der Waals surface area contributed by atoms with E-state index in [0.29, 0.717) is 6.04 Å². The van der Waals surface area contributed by atoms with Crippen LogP contribution in [0.2, 0.25) is 0 Å². The molecule has 1 unspecified atom stereocenters. The monoisotopic (exact) mass is 290 g/mol. The second-order valence-electron chi connectivity index (χ2n) is 7.01. The van der Waals surface area contributed by atoms with Gasteiger partial charge in [-0.15, -0.1) is 0 Å². The van der Waals surface area contributed by atoms with Crippen molar-refractivity contribution in [2.75, 3.05) is 31.1 Å². The quantitative estimate of drug-likeness (QED) is 0.923. The number of aromatic nitrogens is 1. The highest BCUT2D eigenvalue weighted by atomic mass is 15.3. The Balaban J connectivity index is 2.09. The molecule has 1 aliphatic heterocycles. The number of anilines is 1. The fraction of sp³-hybridized carbons (Fsp3) is 0.706. The number of hydrogen-bond acceptors (Lipinski definition) is 4. The van der Waals surface area contributed by atoms with Crippen molar-refractivity contribution in [3.63, 3.8) is 0 Å². The van der Waals surface area contributed by atoms with Gasteiger partial charge in [0.25, 0.3) is 0 Å². The summed E-state index contributed by atoms with van der Waals surface area (Å²) in [7, 11) is 0. The first-order chi connectivity index (χ1) is 9.90. The first kappa shape index (κ1) is 16.2. The molecule has 0 spiro atoms. The number of likely N-dealkylation sites (N-methyl/N-ethyl adjacent to an activating group) is 1. The molecule has 118 valence electrons. The van der Waals surface area contributed by atoms with Crippen molar-refractivity contribution in [2.24, 2.45) is 0 Å². The minimum absolute atomic E-state index is 0.126. The van der Waals surface area contributed by atoms with Crippen LogP contribution in [0.25, 0.3) is 0 Å². The zero-order valence-electron chi connectivity index (χ0n) is 14.2. The largest absolute Gasteiger partial charge is 0.354 e. The van der Waals surface area contributed by atoms with Crippen LogP contribution in [0.5, 0.6) is 0 Å². The van der Waals surface area contributed by atoms with Gasteiger partial charge in [0.2, 0.25) is 0 Å². The molecule has 1 N–H and O–H groups in total. The second kappa shape index (κ2) is 6.75. The Morgan fingerprint density at radius 2 is 2.10 bits per heavy atom. The first-order valence-corrected chi connectivity index (χ1v) is 8.08. The standard InChI is InChI=1S/C17H30N4/c1-6-20-10-11-21(13-14(20)2)16-15(8-7-9-18-16)12-19-17(3,4)5/h7-9,14,19H,6,10-13H2,1-5H3. The van der Waals surface area contributed by atoms with Crippen molar-refractivity contribution in [3.8, 4) is 0 Å². The number of rotatable bonds is 4. The topological polar surface area (TPSA) is 31.4 Å². The summed E-state index contributed by atoms with van der Waals surface area (Å²) in [5.74, 6) is 1.15. The van der Waals surface area contributed by atoms with Gasteiger partial charge in [0.1, 0.15) is 5.82 Å². The summed E-state index contributed by atoms with van der Waals surface area (Å²) >= 11 is 0. The van der Waals surface area contributed by atoms with Gasteiger partial charge in [-0.1, -0.05) is 13.0 Å². The highest BCUT2D eigenvalue weighted by Crippen LogP contribution is 2.21. The molecular weight excluding hydrogens is 260 g/mol. The zero-order valence-corrected chi connectivity index (χ0v) is 14.2. The normalized spacial score (nSPS) is 20.8. The van der Waals surface area contributed by atoms with Gasteiger partial charge in [-0.2, -0.15) is 0 Å². The maximum absolute atomic E-state index is 4.66. The van der Waals surface area contributed by atoms with E-state index >= 15 is 0 Å². The predicted molar refractivity (Wildman–Crippen MR) is 89.8 cm³/mol. The number of hydrogen-bond donors (Lipinski definition) is 1. The lowest BCUT2D eigenvalue weighted by molar-refractivity contribution is 0.199. The molecule has 1 fully saturated rings. The van der Waals surface area contributed by atoms with Crippen molar-refractivity contribution < 1.29 is 0 Å². The van der Waals surface area contributed by atoms with Crippen LogP contribution in [-0.2, 0) is 6.54 Å². The zero-order chi connectivity index (χ0) is 15.5. The third-order valence-electron chi connectivity index (χ3n) is 4.15. The lowest BCUT2D eigenvalue weighted by Gasteiger charge is -2.40. The lowest BCUT2D eigenvalue weighted by Crippen LogP contribution is -2.52. The Bertz CT molecular complexity index is 452. The van der Waals surface area contributed by atoms with Crippen LogP contribution in [0.4, 0.5) is 5.82 Å². The SMILES string of the molecule is CCN1CCN(c2ncccc2CNC(C)(C)C)CC1C. The Hall–Kier alpha value is -1.13. The maximum atomic E-state index is 4.66. The summed E-state index contributed by atoms with van der Waals surface area (Å²) < 4.78 is 0. The summed E-state index contributed by atoms with van der Waals surface area (Å²) in [6, 6.07) is 4.82. The van der Waals surface area contributed by atoms with E-state index in [1.165, 1.54) is 5.56 Å². The molecule has 0 saturated carbocycles. The average Bonchev–Trinajstić information content (AvgIpc) is 2.44. The molecule has 1 atom stereocenters. The second-order valence-corrected chi connectivity index (χ2v) is 7.01. The number of piperazine rings is 1. The van der Waals surface area contributed by atoms with E-state index in [0.717, 1.165) is 38.5 Å². The summed E-state index contributed by atoms with van der Waals surface area (Å²) in [6.07, 6.45) is 1.91. The molecule has 1 aromatic heterocycles. The Morgan fingerprint density at radius 1 is 1.33 bits per heavy atom. The van der Waals surface area contributed by atoms with Crippen molar-refractivity contribution in [1.29, 1.82) is 0 Å². The maximum Gasteiger partial charge on any atom is 0.133 e. The van der Waals surface area contributed by atoms with Crippen molar-refractivity contribution in [3.05, 3.63) is 23.9 Å². The van der Waals surface area contributed by atoms with E-state index in [2.05, 4.69) is 60.8 Å². The van der Waals surface area contributed by atoms with Crippen LogP contribution in [0, 0.1) is 0 Å². The van der Waals surface area contributed by atoms with Gasteiger partial charge in [0, 0.05) is 49.5 Å². The highest BCUT2D eigenvalue weighted by molar-refractivity contribution is 5.47. The number of nitrogens with one attached hydrogen (secondary N) is 1. The van der Waals surface area contributed by atoms with E-state index in [1.54, 1.807) is 0 Å². The predicted octanol–water partition coefficient (Wildman–Crippen LogP) is 2.50. The molecule has 21 heavy (non-hydrogen) atoms. The molecule has 0 radical (unpaired) electrons. The molecule has 1 aromatic rings. The third-order valence-corrected chi connectivity index (χ3v) is 4.15. The van der Waals surface area contributed by atoms with Gasteiger partial charge in [-0.3, -0.25) is 4.90 Å². The van der Waals surface area contributed by atoms with E-state index in [-0.39, 0.29) is 5.54 Å². The van der Waals surface area contributed by atoms with Crippen molar-refractivity contribution in [2.45, 2.75) is 52.7 Å². The Morgan fingerprint density at radius 3 is 2.71 bits per heavy atom. The molecular formula is C17H30N4. The van der Waals surface area contributed by atoms with Crippen LogP contribution in [0.15, 0.2) is 18.3 Å². The van der Waals surface area contributed by atoms with Gasteiger partial charge < -0.3 is 10.2 Å². The molecule has 0 amide bonds. The fourth-order valence-corrected chi connectivity index (χ4v) is 2.87. The van der Waals surface area contributed by atoms with E-state index in [4.69, 9.17) is 0 Å². The molecule has 4 heteroatoms. The van der Waals surface area contributed by atoms with Gasteiger partial charge >= 0.3 is 0 Å². The molecule has 0 aromatic carbocycles. The minimum Gasteiger partial charge on any atom is -0.354 e. The molecule has 1 saturated heterocycles. The Labute approximate surface area is 129 Å². The van der Waals surface area contributed by atoms with Crippen molar-refractivity contribution in [1.82, 2.24) is 15.2 Å². The van der Waals surface area contributed by atoms with E-state index < -0.39 is 0 Å². The van der Waals surface area contributed by atoms with Gasteiger partial charge in [-0.25, -0.2) is 4.98 Å². The van der Waals surface area contributed by atoms with Crippen LogP contribution in [-0.4, -0.2) is 47.6 Å². The summed E-state index contributed by atoms with van der Waals surface area (Å²) in [6.45, 7) is 16.4. The fourth-order valence-electron chi connectivity index (χ4n) is 2.87. The van der Waals surface area contributed by atoms with Crippen molar-refractivity contribution >= 4 is 5.82 Å². The first-order valence-electron chi connectivity index (χ1n) is 8.08. The minimum atomic E-state index is 0.126. The van der Waals surface area contributed by atoms with Gasteiger partial charge in [-0.05, 0) is 40.3 Å². The molecule has 1 aliphatic rings. The van der Waals surface area contributed by atoms with Crippen LogP contribution >= 0.6 is 0 Å². The number of nitrogens with zero attached hydrogens (tertiary/aromatic N) is 3. The number of pyridine rings is 1. The van der Waals surface area contributed by atoms with Crippen LogP contribution in [0.3, 0.4) is 0 Å². The highest BCUT2D eigenvalue weighted by Gasteiger charge is 2.24. The van der Waals surface area contributed by atoms with Crippen LogP contribution < -0.4 is 10.2 Å². The molecule has 2 heterocycles. The summed E-state index contributed by atoms with van der Waals surface area (Å²) in [5.41, 5.74) is 1.42. The van der Waals surface area contributed by atoms with E-state index in [9.17, 15) is 0 Å². The van der Waals surface area contributed by atoms with Gasteiger partial charge in [0.15, 0.2) is 0 Å². The summed E-state index contributed by atoms with van der Waals surface area (Å²) in [5, 5.41) is 3.57. The lowest BCUT2D eigenvalue weighted by atomic mass is 10.1. The molecule has 0 aliphatic carbocycles. The van der Waals surface area contributed by atoms with Crippen LogP contribution in [0.1, 0.15) is 40.2 Å². The summed E-state index contributed by atoms with van der Waals surface area (Å²) in [4.78, 5) is 9.63. The molecule has 0 bridgehead atoms. The Kier molecular flexibility index (Phi) is 5.22. The molecule has 2 rings (SSSR count). The third kappa shape index (κ3) is 4.42. The smallest absolute Gasteiger partial charge is 0.133 e.